The molecule has 2 saturated heterocycles. The lowest BCUT2D eigenvalue weighted by molar-refractivity contribution is -0.187. The van der Waals surface area contributed by atoms with Crippen molar-refractivity contribution >= 4 is 29.5 Å². The number of likely N-dealkylation sites (tertiary alicyclic amines) is 2. The van der Waals surface area contributed by atoms with Crippen LogP contribution in [-0.4, -0.2) is 103 Å². The lowest BCUT2D eigenvalue weighted by Gasteiger charge is -2.63. The number of aromatic nitrogens is 2. The van der Waals surface area contributed by atoms with E-state index in [4.69, 9.17) is 0 Å². The maximum absolute atomic E-state index is 15.0. The first-order valence-corrected chi connectivity index (χ1v) is 18.7. The summed E-state index contributed by atoms with van der Waals surface area (Å²) in [5, 5.41) is 19.8. The normalized spacial score (nSPS) is 25.1. The van der Waals surface area contributed by atoms with Crippen molar-refractivity contribution in [1.29, 1.82) is 0 Å². The predicted molar refractivity (Wildman–Crippen MR) is 186 cm³/mol. The van der Waals surface area contributed by atoms with Gasteiger partial charge in [-0.2, -0.15) is 0 Å². The van der Waals surface area contributed by atoms with Crippen LogP contribution in [-0.2, 0) is 19.2 Å². The predicted octanol–water partition coefficient (Wildman–Crippen LogP) is 2.58. The monoisotopic (exact) mass is 695 g/mol. The number of nitrogens with zero attached hydrogens (tertiary/aromatic N) is 4. The van der Waals surface area contributed by atoms with E-state index in [1.54, 1.807) is 9.80 Å². The van der Waals surface area contributed by atoms with Crippen molar-refractivity contribution in [2.75, 3.05) is 13.1 Å². The Bertz CT molecular complexity index is 1400. The van der Waals surface area contributed by atoms with Gasteiger partial charge in [0, 0.05) is 25.5 Å². The van der Waals surface area contributed by atoms with E-state index in [1.807, 2.05) is 41.5 Å². The number of rotatable bonds is 13. The zero-order valence-electron chi connectivity index (χ0n) is 30.6. The Morgan fingerprint density at radius 2 is 1.76 bits per heavy atom. The highest BCUT2D eigenvalue weighted by atomic mass is 16.3. The number of hydrogen-bond acceptors (Lipinski definition) is 8. The average Bonchev–Trinajstić information content (AvgIpc) is 3.80. The zero-order valence-corrected chi connectivity index (χ0v) is 30.6. The highest BCUT2D eigenvalue weighted by Gasteiger charge is 2.66. The molecule has 5 rings (SSSR count). The van der Waals surface area contributed by atoms with Crippen molar-refractivity contribution in [3.05, 3.63) is 24.3 Å². The van der Waals surface area contributed by atoms with E-state index in [0.29, 0.717) is 44.7 Å². The fourth-order valence-electron chi connectivity index (χ4n) is 8.46. The number of β-lactam (4-membered cyclic amide) rings is 1. The van der Waals surface area contributed by atoms with E-state index in [0.717, 1.165) is 38.5 Å². The molecule has 0 radical (unpaired) electrons. The van der Waals surface area contributed by atoms with Gasteiger partial charge in [0.25, 0.3) is 11.8 Å². The standard InChI is InChI=1S/C37H57N7O6/c1-7-16-40-33(48)28(45)25(20-23-11-12-23)41-32(47)27-24(22(2)3)13-19-43(27)35(50)30(36(4,5)6)44-34(49)29(37(44)14-9-8-10-15-37)42-31(46)26-21-38-17-18-39-26/h17-18,21-25,27-30,45H,7-16,19-20H2,1-6H3,(H,40,48)(H,41,47)(H,42,46)/t24-,25?,27+,28?,29-,30-/m1/s1. The Kier molecular flexibility index (Phi) is 11.5. The van der Waals surface area contributed by atoms with E-state index in [9.17, 15) is 29.1 Å². The van der Waals surface area contributed by atoms with Crippen molar-refractivity contribution in [3.8, 4) is 0 Å². The molecule has 2 aliphatic carbocycles. The molecule has 50 heavy (non-hydrogen) atoms. The largest absolute Gasteiger partial charge is 0.381 e. The molecule has 0 bridgehead atoms. The number of carbonyl (C=O) groups is 5. The molecule has 2 saturated carbocycles. The molecule has 276 valence electrons. The minimum Gasteiger partial charge on any atom is -0.381 e. The summed E-state index contributed by atoms with van der Waals surface area (Å²) in [6, 6.07) is -3.30. The molecule has 2 unspecified atom stereocenters. The first-order chi connectivity index (χ1) is 23.7. The molecule has 13 heteroatoms. The molecule has 5 amide bonds. The number of carbonyl (C=O) groups excluding carboxylic acids is 5. The number of hydrogen-bond donors (Lipinski definition) is 4. The van der Waals surface area contributed by atoms with Gasteiger partial charge in [-0.25, -0.2) is 4.98 Å². The summed E-state index contributed by atoms with van der Waals surface area (Å²) in [6.45, 7) is 12.6. The molecule has 2 aliphatic heterocycles. The second-order valence-electron chi connectivity index (χ2n) is 16.3. The van der Waals surface area contributed by atoms with Crippen LogP contribution >= 0.6 is 0 Å². The summed E-state index contributed by atoms with van der Waals surface area (Å²) in [4.78, 5) is 81.0. The summed E-state index contributed by atoms with van der Waals surface area (Å²) in [7, 11) is 0. The van der Waals surface area contributed by atoms with Crippen LogP contribution in [0.2, 0.25) is 0 Å². The third kappa shape index (κ3) is 7.67. The molecular formula is C37H57N7O6. The summed E-state index contributed by atoms with van der Waals surface area (Å²) in [6.07, 6.45) is 10.6. The number of aliphatic hydroxyl groups is 1. The Labute approximate surface area is 296 Å². The molecule has 3 heterocycles. The third-order valence-electron chi connectivity index (χ3n) is 11.3. The Morgan fingerprint density at radius 3 is 2.34 bits per heavy atom. The maximum atomic E-state index is 15.0. The minimum absolute atomic E-state index is 0.0762. The van der Waals surface area contributed by atoms with Gasteiger partial charge in [0.1, 0.15) is 23.8 Å². The topological polar surface area (TPSA) is 174 Å². The van der Waals surface area contributed by atoms with Gasteiger partial charge in [0.2, 0.25) is 17.7 Å². The highest BCUT2D eigenvalue weighted by molar-refractivity contribution is 6.02. The van der Waals surface area contributed by atoms with Gasteiger partial charge >= 0.3 is 0 Å². The van der Waals surface area contributed by atoms with Gasteiger partial charge in [-0.3, -0.25) is 29.0 Å². The molecule has 4 N–H and O–H groups in total. The summed E-state index contributed by atoms with van der Waals surface area (Å²) in [5.74, 6) is -1.74. The molecular weight excluding hydrogens is 638 g/mol. The fourth-order valence-corrected chi connectivity index (χ4v) is 8.46. The van der Waals surface area contributed by atoms with E-state index >= 15 is 0 Å². The smallest absolute Gasteiger partial charge is 0.272 e. The molecule has 6 atom stereocenters. The van der Waals surface area contributed by atoms with Crippen molar-refractivity contribution in [1.82, 2.24) is 35.7 Å². The minimum atomic E-state index is -1.41. The third-order valence-corrected chi connectivity index (χ3v) is 11.3. The highest BCUT2D eigenvalue weighted by Crippen LogP contribution is 2.49. The van der Waals surface area contributed by atoms with Crippen LogP contribution in [0, 0.1) is 23.2 Å². The lowest BCUT2D eigenvalue weighted by atomic mass is 9.65. The Hall–Kier alpha value is -3.61. The SMILES string of the molecule is CCCNC(=O)C(O)C(CC1CC1)NC(=O)[C@@H]1[C@@H](C(C)C)CCN1C(=O)[C@@H](N1C(=O)[C@@H](NC(=O)c2cnccn2)C12CCCCC2)C(C)(C)C. The summed E-state index contributed by atoms with van der Waals surface area (Å²) < 4.78 is 0. The molecule has 1 spiro atoms. The van der Waals surface area contributed by atoms with E-state index in [2.05, 4.69) is 25.9 Å². The van der Waals surface area contributed by atoms with Crippen molar-refractivity contribution in [2.45, 2.75) is 142 Å². The van der Waals surface area contributed by atoms with Gasteiger partial charge in [-0.15, -0.1) is 0 Å². The van der Waals surface area contributed by atoms with Crippen molar-refractivity contribution in [3.63, 3.8) is 0 Å². The second-order valence-corrected chi connectivity index (χ2v) is 16.3. The first kappa shape index (κ1) is 37.6. The molecule has 0 aromatic carbocycles. The van der Waals surface area contributed by atoms with Crippen LogP contribution in [0.4, 0.5) is 0 Å². The fraction of sp³-hybridized carbons (Fsp3) is 0.757. The average molecular weight is 696 g/mol. The van der Waals surface area contributed by atoms with Gasteiger partial charge < -0.3 is 30.9 Å². The summed E-state index contributed by atoms with van der Waals surface area (Å²) in [5.41, 5.74) is -1.33. The van der Waals surface area contributed by atoms with Crippen molar-refractivity contribution in [2.24, 2.45) is 23.2 Å². The molecule has 1 aromatic rings. The van der Waals surface area contributed by atoms with Crippen LogP contribution in [0.1, 0.15) is 116 Å². The molecule has 4 aliphatic rings. The molecule has 13 nitrogen and oxygen atoms in total. The van der Waals surface area contributed by atoms with E-state index in [1.165, 1.54) is 18.6 Å². The maximum Gasteiger partial charge on any atom is 0.272 e. The van der Waals surface area contributed by atoms with Gasteiger partial charge in [0.15, 0.2) is 6.10 Å². The summed E-state index contributed by atoms with van der Waals surface area (Å²) >= 11 is 0. The van der Waals surface area contributed by atoms with Gasteiger partial charge in [0.05, 0.1) is 17.8 Å². The number of aliphatic hydroxyl groups excluding tert-OH is 1. The molecule has 4 fully saturated rings. The molecule has 1 aromatic heterocycles. The van der Waals surface area contributed by atoms with Gasteiger partial charge in [-0.05, 0) is 55.3 Å². The van der Waals surface area contributed by atoms with Crippen LogP contribution < -0.4 is 16.0 Å². The van der Waals surface area contributed by atoms with Gasteiger partial charge in [-0.1, -0.05) is 73.6 Å². The number of nitrogens with one attached hydrogen (secondary N) is 3. The van der Waals surface area contributed by atoms with Crippen LogP contribution in [0.3, 0.4) is 0 Å². The van der Waals surface area contributed by atoms with Crippen molar-refractivity contribution < 1.29 is 29.1 Å². The Morgan fingerprint density at radius 1 is 1.06 bits per heavy atom. The van der Waals surface area contributed by atoms with Crippen LogP contribution in [0.25, 0.3) is 0 Å². The van der Waals surface area contributed by atoms with Crippen LogP contribution in [0.15, 0.2) is 18.6 Å². The zero-order chi connectivity index (χ0) is 36.4. The first-order valence-electron chi connectivity index (χ1n) is 18.7. The van der Waals surface area contributed by atoms with E-state index in [-0.39, 0.29) is 35.3 Å². The quantitative estimate of drug-likeness (QED) is 0.228. The van der Waals surface area contributed by atoms with E-state index < -0.39 is 53.0 Å². The Balaban J connectivity index is 1.42. The number of amides is 5. The lowest BCUT2D eigenvalue weighted by Crippen LogP contribution is -2.83. The second kappa shape index (κ2) is 15.3. The van der Waals surface area contributed by atoms with Crippen LogP contribution in [0.5, 0.6) is 0 Å².